The van der Waals surface area contributed by atoms with Gasteiger partial charge in [-0.1, -0.05) is 49.4 Å². The third-order valence-electron chi connectivity index (χ3n) is 4.59. The maximum absolute atomic E-state index is 13.8. The summed E-state index contributed by atoms with van der Waals surface area (Å²) in [6.45, 7) is 3.28. The van der Waals surface area contributed by atoms with Crippen molar-refractivity contribution in [3.8, 4) is 11.3 Å². The first-order valence-electron chi connectivity index (χ1n) is 9.49. The Morgan fingerprint density at radius 2 is 1.80 bits per heavy atom. The summed E-state index contributed by atoms with van der Waals surface area (Å²) in [4.78, 5) is 19.6. The molecule has 0 radical (unpaired) electrons. The van der Waals surface area contributed by atoms with Gasteiger partial charge in [0.2, 0.25) is 15.9 Å². The third-order valence-corrected chi connectivity index (χ3v) is 6.16. The van der Waals surface area contributed by atoms with Gasteiger partial charge in [0, 0.05) is 0 Å². The van der Waals surface area contributed by atoms with E-state index in [2.05, 4.69) is 20.0 Å². The first kappa shape index (κ1) is 21.7. The number of hydrogen-bond donors (Lipinski definition) is 3. The van der Waals surface area contributed by atoms with Gasteiger partial charge in [-0.05, 0) is 31.0 Å². The van der Waals surface area contributed by atoms with E-state index < -0.39 is 38.7 Å². The number of halogens is 1. The van der Waals surface area contributed by atoms with Gasteiger partial charge < -0.3 is 10.3 Å². The predicted octanol–water partition coefficient (Wildman–Crippen LogP) is 3.15. The van der Waals surface area contributed by atoms with Crippen LogP contribution in [0.15, 0.2) is 65.7 Å². The zero-order valence-electron chi connectivity index (χ0n) is 16.6. The number of benzene rings is 2. The standard InChI is InChI=1S/C21H23FN4O3S/c1-3-17(20-23-13-18(24-20)15-9-5-4-6-10-15)25-21(27)14(2)26-30(28,29)19-12-8-7-11-16(19)22/h4-14,17,26H,3H2,1-2H3,(H,23,24)(H,25,27)/t14-,17?/m0/s1. The average molecular weight is 431 g/mol. The van der Waals surface area contributed by atoms with Gasteiger partial charge in [-0.3, -0.25) is 4.79 Å². The zero-order valence-corrected chi connectivity index (χ0v) is 17.4. The van der Waals surface area contributed by atoms with Gasteiger partial charge in [0.25, 0.3) is 0 Å². The first-order valence-corrected chi connectivity index (χ1v) is 11.0. The molecule has 0 saturated carbocycles. The van der Waals surface area contributed by atoms with Crippen molar-refractivity contribution in [1.29, 1.82) is 0 Å². The van der Waals surface area contributed by atoms with E-state index >= 15 is 0 Å². The molecule has 1 amide bonds. The highest BCUT2D eigenvalue weighted by molar-refractivity contribution is 7.89. The Kier molecular flexibility index (Phi) is 6.63. The lowest BCUT2D eigenvalue weighted by Gasteiger charge is -2.19. The van der Waals surface area contributed by atoms with Crippen LogP contribution in [0.25, 0.3) is 11.3 Å². The van der Waals surface area contributed by atoms with Crippen LogP contribution in [0.1, 0.15) is 32.1 Å². The van der Waals surface area contributed by atoms with E-state index in [0.29, 0.717) is 12.2 Å². The summed E-state index contributed by atoms with van der Waals surface area (Å²) < 4.78 is 40.9. The number of hydrogen-bond acceptors (Lipinski definition) is 4. The minimum Gasteiger partial charge on any atom is -0.345 e. The molecule has 2 aromatic carbocycles. The normalized spacial score (nSPS) is 13.6. The Morgan fingerprint density at radius 3 is 2.47 bits per heavy atom. The van der Waals surface area contributed by atoms with E-state index in [1.165, 1.54) is 19.1 Å². The Labute approximate surface area is 174 Å². The minimum atomic E-state index is -4.18. The fourth-order valence-corrected chi connectivity index (χ4v) is 4.23. The topological polar surface area (TPSA) is 104 Å². The molecular weight excluding hydrogens is 407 g/mol. The number of aromatic nitrogens is 2. The van der Waals surface area contributed by atoms with Crippen LogP contribution in [0, 0.1) is 5.82 Å². The van der Waals surface area contributed by atoms with Crippen molar-refractivity contribution in [2.75, 3.05) is 0 Å². The van der Waals surface area contributed by atoms with Crippen LogP contribution in [0.2, 0.25) is 0 Å². The van der Waals surface area contributed by atoms with Gasteiger partial charge in [0.15, 0.2) is 0 Å². The van der Waals surface area contributed by atoms with E-state index in [-0.39, 0.29) is 0 Å². The number of carbonyl (C=O) groups excluding carboxylic acids is 1. The fourth-order valence-electron chi connectivity index (χ4n) is 2.95. The molecule has 7 nitrogen and oxygen atoms in total. The molecule has 3 aromatic rings. The number of aromatic amines is 1. The Balaban J connectivity index is 1.69. The molecule has 0 aliphatic carbocycles. The molecule has 0 aliphatic rings. The molecular formula is C21H23FN4O3S. The number of carbonyl (C=O) groups is 1. The molecule has 1 heterocycles. The molecule has 0 aliphatic heterocycles. The van der Waals surface area contributed by atoms with Crippen LogP contribution < -0.4 is 10.0 Å². The van der Waals surface area contributed by atoms with E-state index in [1.807, 2.05) is 37.3 Å². The van der Waals surface area contributed by atoms with Crippen LogP contribution in [0.5, 0.6) is 0 Å². The monoisotopic (exact) mass is 430 g/mol. The largest absolute Gasteiger partial charge is 0.345 e. The summed E-state index contributed by atoms with van der Waals surface area (Å²) in [5.74, 6) is -0.860. The van der Waals surface area contributed by atoms with E-state index in [0.717, 1.165) is 23.4 Å². The molecule has 0 bridgehead atoms. The van der Waals surface area contributed by atoms with E-state index in [9.17, 15) is 17.6 Å². The summed E-state index contributed by atoms with van der Waals surface area (Å²) in [7, 11) is -4.18. The van der Waals surface area contributed by atoms with Crippen molar-refractivity contribution < 1.29 is 17.6 Å². The number of H-pyrrole nitrogens is 1. The van der Waals surface area contributed by atoms with Gasteiger partial charge in [0.1, 0.15) is 16.5 Å². The van der Waals surface area contributed by atoms with Gasteiger partial charge in [-0.15, -0.1) is 0 Å². The van der Waals surface area contributed by atoms with Crippen molar-refractivity contribution in [2.24, 2.45) is 0 Å². The second kappa shape index (κ2) is 9.19. The summed E-state index contributed by atoms with van der Waals surface area (Å²) in [6.07, 6.45) is 2.23. The average Bonchev–Trinajstić information content (AvgIpc) is 3.22. The van der Waals surface area contributed by atoms with Crippen LogP contribution in [0.4, 0.5) is 4.39 Å². The molecule has 3 N–H and O–H groups in total. The fraction of sp³-hybridized carbons (Fsp3) is 0.238. The molecule has 30 heavy (non-hydrogen) atoms. The van der Waals surface area contributed by atoms with Crippen molar-refractivity contribution in [3.63, 3.8) is 0 Å². The summed E-state index contributed by atoms with van der Waals surface area (Å²) in [5.41, 5.74) is 1.77. The highest BCUT2D eigenvalue weighted by Gasteiger charge is 2.26. The van der Waals surface area contributed by atoms with Crippen LogP contribution >= 0.6 is 0 Å². The van der Waals surface area contributed by atoms with Crippen molar-refractivity contribution in [2.45, 2.75) is 37.2 Å². The Morgan fingerprint density at radius 1 is 1.13 bits per heavy atom. The number of imidazole rings is 1. The number of amides is 1. The smallest absolute Gasteiger partial charge is 0.244 e. The minimum absolute atomic E-state index is 0.435. The SMILES string of the molecule is CCC(NC(=O)[C@H](C)NS(=O)(=O)c1ccccc1F)c1ncc(-c2ccccc2)[nH]1. The molecule has 2 atom stereocenters. The molecule has 0 spiro atoms. The Bertz CT molecular complexity index is 1120. The molecule has 3 rings (SSSR count). The van der Waals surface area contributed by atoms with Crippen LogP contribution in [-0.2, 0) is 14.8 Å². The summed E-state index contributed by atoms with van der Waals surface area (Å²) >= 11 is 0. The van der Waals surface area contributed by atoms with Crippen LogP contribution in [0.3, 0.4) is 0 Å². The van der Waals surface area contributed by atoms with Crippen LogP contribution in [-0.4, -0.2) is 30.3 Å². The quantitative estimate of drug-likeness (QED) is 0.511. The van der Waals surface area contributed by atoms with Gasteiger partial charge in [-0.2, -0.15) is 4.72 Å². The molecule has 1 unspecified atom stereocenters. The second-order valence-electron chi connectivity index (χ2n) is 6.79. The van der Waals surface area contributed by atoms with Crippen molar-refractivity contribution in [1.82, 2.24) is 20.0 Å². The maximum Gasteiger partial charge on any atom is 0.244 e. The molecule has 158 valence electrons. The van der Waals surface area contributed by atoms with Gasteiger partial charge in [0.05, 0.1) is 24.0 Å². The summed E-state index contributed by atoms with van der Waals surface area (Å²) in [6, 6.07) is 13.1. The molecule has 0 fully saturated rings. The third kappa shape index (κ3) is 4.92. The van der Waals surface area contributed by atoms with E-state index in [1.54, 1.807) is 6.20 Å². The van der Waals surface area contributed by atoms with Crippen molar-refractivity contribution in [3.05, 3.63) is 72.4 Å². The highest BCUT2D eigenvalue weighted by Crippen LogP contribution is 2.20. The van der Waals surface area contributed by atoms with Gasteiger partial charge in [-0.25, -0.2) is 17.8 Å². The molecule has 0 saturated heterocycles. The second-order valence-corrected chi connectivity index (χ2v) is 8.47. The lowest BCUT2D eigenvalue weighted by atomic mass is 10.2. The number of nitrogens with zero attached hydrogens (tertiary/aromatic N) is 1. The number of rotatable bonds is 8. The number of nitrogens with one attached hydrogen (secondary N) is 3. The molecule has 9 heteroatoms. The first-order chi connectivity index (χ1) is 14.3. The lowest BCUT2D eigenvalue weighted by Crippen LogP contribution is -2.46. The maximum atomic E-state index is 13.8. The molecule has 1 aromatic heterocycles. The van der Waals surface area contributed by atoms with Crippen molar-refractivity contribution >= 4 is 15.9 Å². The highest BCUT2D eigenvalue weighted by atomic mass is 32.2. The zero-order chi connectivity index (χ0) is 21.7. The van der Waals surface area contributed by atoms with Gasteiger partial charge >= 0.3 is 0 Å². The predicted molar refractivity (Wildman–Crippen MR) is 111 cm³/mol. The Hall–Kier alpha value is -3.04. The lowest BCUT2D eigenvalue weighted by molar-refractivity contribution is -0.123. The summed E-state index contributed by atoms with van der Waals surface area (Å²) in [5, 5.41) is 2.78. The van der Waals surface area contributed by atoms with E-state index in [4.69, 9.17) is 0 Å². The number of sulfonamides is 1.